The second kappa shape index (κ2) is 6.09. The molecule has 1 heterocycles. The molecule has 0 aromatic rings. The van der Waals surface area contributed by atoms with Crippen LogP contribution in [0.4, 0.5) is 4.79 Å². The average molecular weight is 227 g/mol. The number of nitrogens with zero attached hydrogens (tertiary/aromatic N) is 2. The Morgan fingerprint density at radius 1 is 1.12 bits per heavy atom. The molecule has 1 fully saturated rings. The predicted octanol–water partition coefficient (Wildman–Crippen LogP) is 1.38. The number of hydrogen-bond acceptors (Lipinski definition) is 2. The number of amides is 2. The number of nitrogens with one attached hydrogen (secondary N) is 1. The lowest BCUT2D eigenvalue weighted by Crippen LogP contribution is -2.53. The Kier molecular flexibility index (Phi) is 5.06. The van der Waals surface area contributed by atoms with Crippen molar-refractivity contribution in [3.05, 3.63) is 0 Å². The first-order valence-electron chi connectivity index (χ1n) is 6.27. The van der Waals surface area contributed by atoms with Gasteiger partial charge < -0.3 is 10.2 Å². The first-order valence-corrected chi connectivity index (χ1v) is 6.27. The highest BCUT2D eigenvalue weighted by Crippen LogP contribution is 2.05. The van der Waals surface area contributed by atoms with Crippen LogP contribution in [0.5, 0.6) is 0 Å². The Morgan fingerprint density at radius 2 is 1.69 bits per heavy atom. The Morgan fingerprint density at radius 3 is 2.12 bits per heavy atom. The summed E-state index contributed by atoms with van der Waals surface area (Å²) in [6, 6.07) is 0.679. The van der Waals surface area contributed by atoms with E-state index in [1.165, 1.54) is 0 Å². The van der Waals surface area contributed by atoms with Gasteiger partial charge in [0, 0.05) is 38.8 Å². The van der Waals surface area contributed by atoms with E-state index in [2.05, 4.69) is 37.9 Å². The summed E-state index contributed by atoms with van der Waals surface area (Å²) in [7, 11) is 0. The van der Waals surface area contributed by atoms with Gasteiger partial charge in [0.1, 0.15) is 0 Å². The van der Waals surface area contributed by atoms with Crippen molar-refractivity contribution in [1.82, 2.24) is 15.1 Å². The molecule has 0 atom stereocenters. The fraction of sp³-hybridized carbons (Fsp3) is 0.917. The quantitative estimate of drug-likeness (QED) is 0.790. The van der Waals surface area contributed by atoms with Gasteiger partial charge in [-0.25, -0.2) is 4.79 Å². The van der Waals surface area contributed by atoms with Crippen LogP contribution in [0.15, 0.2) is 0 Å². The molecule has 0 aromatic carbocycles. The third-order valence-electron chi connectivity index (χ3n) is 2.99. The smallest absolute Gasteiger partial charge is 0.317 e. The van der Waals surface area contributed by atoms with Gasteiger partial charge in [0.05, 0.1) is 0 Å². The fourth-order valence-corrected chi connectivity index (χ4v) is 1.84. The number of carbonyl (C=O) groups is 1. The van der Waals surface area contributed by atoms with E-state index < -0.39 is 0 Å². The summed E-state index contributed by atoms with van der Waals surface area (Å²) in [5.41, 5.74) is 0. The molecule has 0 unspecified atom stereocenters. The lowest BCUT2D eigenvalue weighted by atomic mass is 10.2. The summed E-state index contributed by atoms with van der Waals surface area (Å²) < 4.78 is 0. The molecule has 4 nitrogen and oxygen atoms in total. The Bertz CT molecular complexity index is 220. The molecule has 0 aliphatic carbocycles. The largest absolute Gasteiger partial charge is 0.338 e. The molecule has 94 valence electrons. The van der Waals surface area contributed by atoms with Crippen molar-refractivity contribution < 1.29 is 4.79 Å². The van der Waals surface area contributed by atoms with Gasteiger partial charge in [0.2, 0.25) is 0 Å². The monoisotopic (exact) mass is 227 g/mol. The topological polar surface area (TPSA) is 35.6 Å². The highest BCUT2D eigenvalue weighted by molar-refractivity contribution is 5.74. The molecular formula is C12H25N3O. The highest BCUT2D eigenvalue weighted by Gasteiger charge is 2.21. The van der Waals surface area contributed by atoms with Crippen molar-refractivity contribution in [2.75, 3.05) is 32.7 Å². The van der Waals surface area contributed by atoms with E-state index in [1.54, 1.807) is 0 Å². The Balaban J connectivity index is 2.27. The minimum Gasteiger partial charge on any atom is -0.338 e. The molecule has 2 amide bonds. The van der Waals surface area contributed by atoms with Gasteiger partial charge in [-0.2, -0.15) is 0 Å². The van der Waals surface area contributed by atoms with Gasteiger partial charge >= 0.3 is 6.03 Å². The average Bonchev–Trinajstić information content (AvgIpc) is 2.26. The zero-order chi connectivity index (χ0) is 12.1. The van der Waals surface area contributed by atoms with Crippen LogP contribution in [0.1, 0.15) is 27.7 Å². The lowest BCUT2D eigenvalue weighted by molar-refractivity contribution is 0.119. The minimum atomic E-state index is 0.0945. The van der Waals surface area contributed by atoms with Crippen LogP contribution in [-0.2, 0) is 0 Å². The van der Waals surface area contributed by atoms with Crippen LogP contribution < -0.4 is 5.32 Å². The van der Waals surface area contributed by atoms with Crippen LogP contribution >= 0.6 is 0 Å². The normalized spacial score (nSPS) is 18.2. The molecule has 0 bridgehead atoms. The van der Waals surface area contributed by atoms with Crippen LogP contribution in [-0.4, -0.2) is 54.6 Å². The summed E-state index contributed by atoms with van der Waals surface area (Å²) in [4.78, 5) is 16.1. The molecule has 0 spiro atoms. The summed E-state index contributed by atoms with van der Waals surface area (Å²) in [5.74, 6) is 0.515. The SMILES string of the molecule is CC(C)CNC(=O)N1CCN(C(C)C)CC1. The molecule has 1 N–H and O–H groups in total. The van der Waals surface area contributed by atoms with Gasteiger partial charge in [0.25, 0.3) is 0 Å². The molecule has 0 aromatic heterocycles. The predicted molar refractivity (Wildman–Crippen MR) is 66.5 cm³/mol. The van der Waals surface area contributed by atoms with Crippen molar-refractivity contribution in [2.45, 2.75) is 33.7 Å². The van der Waals surface area contributed by atoms with Crippen LogP contribution in [0, 0.1) is 5.92 Å². The number of urea groups is 1. The van der Waals surface area contributed by atoms with Crippen molar-refractivity contribution in [3.8, 4) is 0 Å². The van der Waals surface area contributed by atoms with E-state index in [0.29, 0.717) is 12.0 Å². The molecule has 0 radical (unpaired) electrons. The first-order chi connectivity index (χ1) is 7.50. The summed E-state index contributed by atoms with van der Waals surface area (Å²) in [6.45, 7) is 13.1. The maximum atomic E-state index is 11.8. The summed E-state index contributed by atoms with van der Waals surface area (Å²) in [6.07, 6.45) is 0. The van der Waals surface area contributed by atoms with Gasteiger partial charge in [-0.15, -0.1) is 0 Å². The molecule has 1 aliphatic heterocycles. The zero-order valence-electron chi connectivity index (χ0n) is 11.0. The second-order valence-electron chi connectivity index (χ2n) is 5.20. The third-order valence-corrected chi connectivity index (χ3v) is 2.99. The Hall–Kier alpha value is -0.770. The van der Waals surface area contributed by atoms with E-state index in [1.807, 2.05) is 4.90 Å². The van der Waals surface area contributed by atoms with Gasteiger partial charge in [-0.1, -0.05) is 13.8 Å². The maximum absolute atomic E-state index is 11.8. The number of piperazine rings is 1. The van der Waals surface area contributed by atoms with Gasteiger partial charge in [-0.3, -0.25) is 4.90 Å². The van der Waals surface area contributed by atoms with E-state index in [0.717, 1.165) is 32.7 Å². The standard InChI is InChI=1S/C12H25N3O/c1-10(2)9-13-12(16)15-7-5-14(6-8-15)11(3)4/h10-11H,5-9H2,1-4H3,(H,13,16). The first kappa shape index (κ1) is 13.3. The van der Waals surface area contributed by atoms with Crippen LogP contribution in [0.3, 0.4) is 0 Å². The van der Waals surface area contributed by atoms with Crippen molar-refractivity contribution in [1.29, 1.82) is 0 Å². The summed E-state index contributed by atoms with van der Waals surface area (Å²) >= 11 is 0. The maximum Gasteiger partial charge on any atom is 0.317 e. The van der Waals surface area contributed by atoms with Crippen LogP contribution in [0.2, 0.25) is 0 Å². The zero-order valence-corrected chi connectivity index (χ0v) is 11.0. The third kappa shape index (κ3) is 4.00. The Labute approximate surface area is 99.0 Å². The second-order valence-corrected chi connectivity index (χ2v) is 5.20. The highest BCUT2D eigenvalue weighted by atomic mass is 16.2. The molecule has 16 heavy (non-hydrogen) atoms. The lowest BCUT2D eigenvalue weighted by Gasteiger charge is -2.36. The number of hydrogen-bond donors (Lipinski definition) is 1. The van der Waals surface area contributed by atoms with Crippen molar-refractivity contribution >= 4 is 6.03 Å². The van der Waals surface area contributed by atoms with Gasteiger partial charge in [-0.05, 0) is 19.8 Å². The molecule has 1 aliphatic rings. The number of carbonyl (C=O) groups excluding carboxylic acids is 1. The molecule has 1 rings (SSSR count). The fourth-order valence-electron chi connectivity index (χ4n) is 1.84. The van der Waals surface area contributed by atoms with Crippen molar-refractivity contribution in [2.24, 2.45) is 5.92 Å². The van der Waals surface area contributed by atoms with Gasteiger partial charge in [0.15, 0.2) is 0 Å². The van der Waals surface area contributed by atoms with E-state index in [9.17, 15) is 4.79 Å². The summed E-state index contributed by atoms with van der Waals surface area (Å²) in [5, 5.41) is 2.96. The molecule has 1 saturated heterocycles. The van der Waals surface area contributed by atoms with Crippen molar-refractivity contribution in [3.63, 3.8) is 0 Å². The molecule has 4 heteroatoms. The minimum absolute atomic E-state index is 0.0945. The van der Waals surface area contributed by atoms with E-state index in [-0.39, 0.29) is 6.03 Å². The molecule has 0 saturated carbocycles. The van der Waals surface area contributed by atoms with Crippen LogP contribution in [0.25, 0.3) is 0 Å². The molecular weight excluding hydrogens is 202 g/mol. The van der Waals surface area contributed by atoms with E-state index in [4.69, 9.17) is 0 Å². The number of rotatable bonds is 3. The van der Waals surface area contributed by atoms with E-state index >= 15 is 0 Å².